The van der Waals surface area contributed by atoms with Crippen LogP contribution in [0.2, 0.25) is 5.02 Å². The van der Waals surface area contributed by atoms with Gasteiger partial charge >= 0.3 is 0 Å². The normalized spacial score (nSPS) is 11.8. The van der Waals surface area contributed by atoms with Crippen LogP contribution in [0.5, 0.6) is 0 Å². The van der Waals surface area contributed by atoms with Gasteiger partial charge in [-0.05, 0) is 39.0 Å². The van der Waals surface area contributed by atoms with Crippen LogP contribution in [-0.4, -0.2) is 0 Å². The largest absolute Gasteiger partial charge is 0.398 e. The molecular formula is C10H13BrClN. The van der Waals surface area contributed by atoms with E-state index in [0.717, 1.165) is 20.7 Å². The van der Waals surface area contributed by atoms with E-state index in [2.05, 4.69) is 36.7 Å². The molecule has 13 heavy (non-hydrogen) atoms. The minimum Gasteiger partial charge on any atom is -0.398 e. The molecule has 0 bridgehead atoms. The zero-order chi connectivity index (χ0) is 10.2. The Morgan fingerprint density at radius 2 is 1.85 bits per heavy atom. The fourth-order valence-corrected chi connectivity index (χ4v) is 2.06. The predicted molar refractivity (Wildman–Crippen MR) is 62.3 cm³/mol. The van der Waals surface area contributed by atoms with Crippen molar-refractivity contribution in [2.75, 3.05) is 5.73 Å². The fraction of sp³-hybridized carbons (Fsp3) is 0.400. The maximum Gasteiger partial charge on any atom is 0.0462 e. The van der Waals surface area contributed by atoms with Gasteiger partial charge in [-0.15, -0.1) is 0 Å². The molecule has 0 amide bonds. The monoisotopic (exact) mass is 261 g/mol. The molecule has 0 fully saturated rings. The van der Waals surface area contributed by atoms with E-state index in [4.69, 9.17) is 17.3 Å². The second-order valence-corrected chi connectivity index (χ2v) is 5.37. The van der Waals surface area contributed by atoms with Crippen LogP contribution in [0.1, 0.15) is 26.3 Å². The molecule has 0 aliphatic rings. The van der Waals surface area contributed by atoms with Crippen LogP contribution in [0.4, 0.5) is 5.69 Å². The number of hydrogen-bond donors (Lipinski definition) is 1. The van der Waals surface area contributed by atoms with Gasteiger partial charge in [0.25, 0.3) is 0 Å². The second-order valence-electron chi connectivity index (χ2n) is 4.10. The van der Waals surface area contributed by atoms with Crippen molar-refractivity contribution < 1.29 is 0 Å². The highest BCUT2D eigenvalue weighted by Gasteiger charge is 2.18. The number of benzene rings is 1. The van der Waals surface area contributed by atoms with Crippen LogP contribution >= 0.6 is 27.5 Å². The quantitative estimate of drug-likeness (QED) is 0.703. The Morgan fingerprint density at radius 1 is 1.31 bits per heavy atom. The van der Waals surface area contributed by atoms with E-state index in [-0.39, 0.29) is 5.41 Å². The first kappa shape index (κ1) is 10.9. The second kappa shape index (κ2) is 3.50. The molecule has 3 heteroatoms. The van der Waals surface area contributed by atoms with Gasteiger partial charge in [-0.2, -0.15) is 0 Å². The Balaban J connectivity index is 3.32. The third-order valence-corrected chi connectivity index (χ3v) is 2.89. The molecule has 0 atom stereocenters. The van der Waals surface area contributed by atoms with Crippen molar-refractivity contribution in [2.24, 2.45) is 0 Å². The van der Waals surface area contributed by atoms with E-state index in [1.54, 1.807) is 0 Å². The summed E-state index contributed by atoms with van der Waals surface area (Å²) in [6.07, 6.45) is 0. The summed E-state index contributed by atoms with van der Waals surface area (Å²) in [7, 11) is 0. The van der Waals surface area contributed by atoms with Crippen LogP contribution in [0.15, 0.2) is 16.6 Å². The van der Waals surface area contributed by atoms with Gasteiger partial charge in [0.1, 0.15) is 0 Å². The Labute approximate surface area is 92.4 Å². The third-order valence-electron chi connectivity index (χ3n) is 1.89. The molecule has 1 rings (SSSR count). The number of rotatable bonds is 0. The van der Waals surface area contributed by atoms with E-state index >= 15 is 0 Å². The van der Waals surface area contributed by atoms with Gasteiger partial charge in [0.15, 0.2) is 0 Å². The van der Waals surface area contributed by atoms with Crippen molar-refractivity contribution >= 4 is 33.2 Å². The SMILES string of the molecule is CC(C)(C)c1cc(N)c(Br)cc1Cl. The molecule has 2 N–H and O–H groups in total. The summed E-state index contributed by atoms with van der Waals surface area (Å²) in [4.78, 5) is 0. The molecule has 0 saturated carbocycles. The summed E-state index contributed by atoms with van der Waals surface area (Å²) >= 11 is 9.44. The molecule has 1 aromatic rings. The molecule has 1 nitrogen and oxygen atoms in total. The van der Waals surface area contributed by atoms with Gasteiger partial charge in [-0.3, -0.25) is 0 Å². The standard InChI is InChI=1S/C10H13BrClN/c1-10(2,3)6-4-9(13)7(11)5-8(6)12/h4-5H,13H2,1-3H3. The lowest BCUT2D eigenvalue weighted by molar-refractivity contribution is 0.590. The molecule has 0 aliphatic heterocycles. The first-order chi connectivity index (χ1) is 5.82. The van der Waals surface area contributed by atoms with Gasteiger partial charge in [-0.25, -0.2) is 0 Å². The van der Waals surface area contributed by atoms with Crippen LogP contribution in [0.25, 0.3) is 0 Å². The lowest BCUT2D eigenvalue weighted by Crippen LogP contribution is -2.12. The van der Waals surface area contributed by atoms with Crippen molar-refractivity contribution in [3.8, 4) is 0 Å². The molecule has 0 spiro atoms. The lowest BCUT2D eigenvalue weighted by Gasteiger charge is -2.21. The van der Waals surface area contributed by atoms with Gasteiger partial charge in [0.05, 0.1) is 0 Å². The van der Waals surface area contributed by atoms with E-state index in [9.17, 15) is 0 Å². The summed E-state index contributed by atoms with van der Waals surface area (Å²) in [6.45, 7) is 6.34. The minimum atomic E-state index is 0.0336. The van der Waals surface area contributed by atoms with Crippen molar-refractivity contribution in [3.05, 3.63) is 27.2 Å². The van der Waals surface area contributed by atoms with Crippen LogP contribution in [-0.2, 0) is 5.41 Å². The average molecular weight is 263 g/mol. The van der Waals surface area contributed by atoms with E-state index in [0.29, 0.717) is 0 Å². The van der Waals surface area contributed by atoms with Gasteiger partial charge < -0.3 is 5.73 Å². The van der Waals surface area contributed by atoms with Crippen molar-refractivity contribution in [1.29, 1.82) is 0 Å². The Kier molecular flexibility index (Phi) is 2.93. The summed E-state index contributed by atoms with van der Waals surface area (Å²) in [5, 5.41) is 0.758. The van der Waals surface area contributed by atoms with Crippen molar-refractivity contribution in [1.82, 2.24) is 0 Å². The Bertz CT molecular complexity index is 328. The minimum absolute atomic E-state index is 0.0336. The highest BCUT2D eigenvalue weighted by Crippen LogP contribution is 2.34. The van der Waals surface area contributed by atoms with E-state index in [1.807, 2.05) is 12.1 Å². The Hall–Kier alpha value is -0.210. The molecule has 0 aliphatic carbocycles. The number of nitrogens with two attached hydrogens (primary N) is 1. The zero-order valence-corrected chi connectivity index (χ0v) is 10.3. The summed E-state index contributed by atoms with van der Waals surface area (Å²) in [5.74, 6) is 0. The van der Waals surface area contributed by atoms with Crippen LogP contribution < -0.4 is 5.73 Å². The highest BCUT2D eigenvalue weighted by atomic mass is 79.9. The topological polar surface area (TPSA) is 26.0 Å². The summed E-state index contributed by atoms with van der Waals surface area (Å²) in [5.41, 5.74) is 7.62. The maximum absolute atomic E-state index is 6.10. The molecule has 0 saturated heterocycles. The van der Waals surface area contributed by atoms with E-state index < -0.39 is 0 Å². The molecule has 0 aromatic heterocycles. The average Bonchev–Trinajstić information content (AvgIpc) is 1.94. The molecule has 0 heterocycles. The summed E-state index contributed by atoms with van der Waals surface area (Å²) in [6, 6.07) is 3.77. The third kappa shape index (κ3) is 2.38. The van der Waals surface area contributed by atoms with Gasteiger partial charge in [0, 0.05) is 15.2 Å². The maximum atomic E-state index is 6.10. The number of halogens is 2. The van der Waals surface area contributed by atoms with Gasteiger partial charge in [-0.1, -0.05) is 32.4 Å². The first-order valence-electron chi connectivity index (χ1n) is 4.07. The van der Waals surface area contributed by atoms with Crippen molar-refractivity contribution in [2.45, 2.75) is 26.2 Å². The molecule has 0 unspecified atom stereocenters. The zero-order valence-electron chi connectivity index (χ0n) is 7.99. The van der Waals surface area contributed by atoms with Crippen LogP contribution in [0.3, 0.4) is 0 Å². The lowest BCUT2D eigenvalue weighted by atomic mass is 9.87. The Morgan fingerprint density at radius 3 is 2.31 bits per heavy atom. The van der Waals surface area contributed by atoms with Crippen LogP contribution in [0, 0.1) is 0 Å². The van der Waals surface area contributed by atoms with Crippen molar-refractivity contribution in [3.63, 3.8) is 0 Å². The first-order valence-corrected chi connectivity index (χ1v) is 5.24. The molecule has 1 aromatic carbocycles. The predicted octanol–water partition coefficient (Wildman–Crippen LogP) is 3.98. The van der Waals surface area contributed by atoms with Gasteiger partial charge in [0.2, 0.25) is 0 Å². The molecule has 0 radical (unpaired) electrons. The number of anilines is 1. The highest BCUT2D eigenvalue weighted by molar-refractivity contribution is 9.10. The number of nitrogen functional groups attached to an aromatic ring is 1. The smallest absolute Gasteiger partial charge is 0.0462 e. The summed E-state index contributed by atoms with van der Waals surface area (Å²) < 4.78 is 0.852. The molecule has 72 valence electrons. The molecular weight excluding hydrogens is 249 g/mol. The van der Waals surface area contributed by atoms with E-state index in [1.165, 1.54) is 0 Å². The fourth-order valence-electron chi connectivity index (χ4n) is 1.14. The number of hydrogen-bond acceptors (Lipinski definition) is 1.